The lowest BCUT2D eigenvalue weighted by molar-refractivity contribution is -0.139. The molecule has 0 atom stereocenters. The van der Waals surface area contributed by atoms with Crippen LogP contribution in [0.2, 0.25) is 0 Å². The molecule has 11 heteroatoms. The number of alkyl halides is 3. The van der Waals surface area contributed by atoms with E-state index in [-0.39, 0.29) is 5.69 Å². The number of nitrogens with zero attached hydrogens (tertiary/aromatic N) is 2. The number of anilines is 2. The summed E-state index contributed by atoms with van der Waals surface area (Å²) < 4.78 is 62.1. The third-order valence-corrected chi connectivity index (χ3v) is 6.14. The Bertz CT molecular complexity index is 907. The van der Waals surface area contributed by atoms with Gasteiger partial charge in [-0.25, -0.2) is 18.5 Å². The number of primary sulfonamides is 1. The zero-order valence-electron chi connectivity index (χ0n) is 14.3. The van der Waals surface area contributed by atoms with Gasteiger partial charge < -0.3 is 10.2 Å². The average molecular weight is 420 g/mol. The smallest absolute Gasteiger partial charge is 0.385 e. The third-order valence-electron chi connectivity index (χ3n) is 4.22. The maximum atomic E-state index is 13.1. The maximum Gasteiger partial charge on any atom is 0.417 e. The first-order valence-electron chi connectivity index (χ1n) is 8.32. The number of thiazole rings is 1. The second-order valence-electron chi connectivity index (χ2n) is 6.25. The lowest BCUT2D eigenvalue weighted by Crippen LogP contribution is -2.19. The maximum absolute atomic E-state index is 13.1. The van der Waals surface area contributed by atoms with Gasteiger partial charge in [0.2, 0.25) is 10.0 Å². The first-order chi connectivity index (χ1) is 12.6. The first-order valence-corrected chi connectivity index (χ1v) is 10.7. The Morgan fingerprint density at radius 1 is 1.26 bits per heavy atom. The molecule has 1 aliphatic rings. The molecule has 148 valence electrons. The summed E-state index contributed by atoms with van der Waals surface area (Å²) in [5.41, 5.74) is -0.240. The number of rotatable bonds is 6. The first kappa shape index (κ1) is 19.9. The molecule has 1 aliphatic heterocycles. The summed E-state index contributed by atoms with van der Waals surface area (Å²) in [7, 11) is -4.46. The molecule has 1 saturated heterocycles. The van der Waals surface area contributed by atoms with Crippen LogP contribution in [0.25, 0.3) is 0 Å². The molecule has 0 unspecified atom stereocenters. The summed E-state index contributed by atoms with van der Waals surface area (Å²) in [4.78, 5) is 5.85. The van der Waals surface area contributed by atoms with Crippen LogP contribution < -0.4 is 15.4 Å². The number of nitrogens with one attached hydrogen (secondary N) is 1. The van der Waals surface area contributed by atoms with Crippen molar-refractivity contribution in [2.75, 3.05) is 29.9 Å². The summed E-state index contributed by atoms with van der Waals surface area (Å²) in [6.07, 6.45) is -1.96. The van der Waals surface area contributed by atoms with Crippen LogP contribution in [0.3, 0.4) is 0 Å². The summed E-state index contributed by atoms with van der Waals surface area (Å²) >= 11 is 1.56. The van der Waals surface area contributed by atoms with E-state index < -0.39 is 26.7 Å². The van der Waals surface area contributed by atoms with Gasteiger partial charge in [0.1, 0.15) is 0 Å². The second-order valence-corrected chi connectivity index (χ2v) is 8.61. The predicted molar refractivity (Wildman–Crippen MR) is 98.6 cm³/mol. The van der Waals surface area contributed by atoms with Gasteiger partial charge in [-0.1, -0.05) is 0 Å². The van der Waals surface area contributed by atoms with Gasteiger partial charge in [-0.2, -0.15) is 13.2 Å². The number of sulfonamides is 1. The highest BCUT2D eigenvalue weighted by atomic mass is 32.2. The molecular formula is C16H19F3N4O2S2. The predicted octanol–water partition coefficient (Wildman–Crippen LogP) is 3.06. The van der Waals surface area contributed by atoms with Crippen molar-refractivity contribution in [2.45, 2.75) is 30.3 Å². The van der Waals surface area contributed by atoms with Crippen LogP contribution >= 0.6 is 11.3 Å². The molecule has 27 heavy (non-hydrogen) atoms. The van der Waals surface area contributed by atoms with Crippen molar-refractivity contribution in [3.63, 3.8) is 0 Å². The molecule has 3 N–H and O–H groups in total. The quantitative estimate of drug-likeness (QED) is 0.750. The van der Waals surface area contributed by atoms with Crippen molar-refractivity contribution in [1.29, 1.82) is 0 Å². The molecule has 6 nitrogen and oxygen atoms in total. The summed E-state index contributed by atoms with van der Waals surface area (Å²) in [5, 5.41) is 10.7. The minimum atomic E-state index is -4.82. The van der Waals surface area contributed by atoms with E-state index in [1.54, 1.807) is 11.3 Å². The Morgan fingerprint density at radius 3 is 2.59 bits per heavy atom. The van der Waals surface area contributed by atoms with Crippen molar-refractivity contribution in [2.24, 2.45) is 5.14 Å². The van der Waals surface area contributed by atoms with E-state index in [0.717, 1.165) is 48.9 Å². The highest BCUT2D eigenvalue weighted by molar-refractivity contribution is 7.89. The van der Waals surface area contributed by atoms with Crippen LogP contribution in [0.4, 0.5) is 24.0 Å². The number of aromatic nitrogens is 1. The molecule has 1 aromatic heterocycles. The minimum Gasteiger partial charge on any atom is -0.385 e. The summed E-state index contributed by atoms with van der Waals surface area (Å²) in [6.45, 7) is 2.37. The zero-order chi connectivity index (χ0) is 19.7. The van der Waals surface area contributed by atoms with Crippen LogP contribution in [-0.4, -0.2) is 33.0 Å². The molecule has 1 aromatic carbocycles. The number of halogens is 3. The fourth-order valence-electron chi connectivity index (χ4n) is 2.91. The van der Waals surface area contributed by atoms with Crippen molar-refractivity contribution in [3.05, 3.63) is 34.8 Å². The fraction of sp³-hybridized carbons (Fsp3) is 0.438. The molecule has 1 fully saturated rings. The molecule has 3 rings (SSSR count). The highest BCUT2D eigenvalue weighted by Gasteiger charge is 2.36. The van der Waals surface area contributed by atoms with Gasteiger partial charge in [-0.05, 0) is 31.0 Å². The van der Waals surface area contributed by atoms with E-state index in [4.69, 9.17) is 5.14 Å². The van der Waals surface area contributed by atoms with Gasteiger partial charge in [0, 0.05) is 37.1 Å². The molecule has 0 radical (unpaired) electrons. The summed E-state index contributed by atoms with van der Waals surface area (Å²) in [5.74, 6) is 0. The van der Waals surface area contributed by atoms with Crippen molar-refractivity contribution in [3.8, 4) is 0 Å². The Balaban J connectivity index is 1.66. The van der Waals surface area contributed by atoms with Gasteiger partial charge in [0.05, 0.1) is 16.2 Å². The van der Waals surface area contributed by atoms with E-state index in [2.05, 4.69) is 15.2 Å². The molecule has 0 amide bonds. The number of hydrogen-bond donors (Lipinski definition) is 2. The van der Waals surface area contributed by atoms with Gasteiger partial charge in [0.25, 0.3) is 0 Å². The third kappa shape index (κ3) is 4.90. The van der Waals surface area contributed by atoms with E-state index in [9.17, 15) is 21.6 Å². The molecular weight excluding hydrogens is 401 g/mol. The van der Waals surface area contributed by atoms with Crippen molar-refractivity contribution in [1.82, 2.24) is 4.98 Å². The van der Waals surface area contributed by atoms with Crippen LogP contribution in [0, 0.1) is 0 Å². The Morgan fingerprint density at radius 2 is 1.96 bits per heavy atom. The second kappa shape index (κ2) is 7.64. The van der Waals surface area contributed by atoms with Crippen molar-refractivity contribution >= 4 is 32.2 Å². The summed E-state index contributed by atoms with van der Waals surface area (Å²) in [6, 6.07) is 2.90. The van der Waals surface area contributed by atoms with E-state index in [1.165, 1.54) is 6.07 Å². The normalized spacial score (nSPS) is 15.3. The number of nitrogens with two attached hydrogens (primary N) is 1. The molecule has 0 saturated carbocycles. The highest BCUT2D eigenvalue weighted by Crippen LogP contribution is 2.35. The van der Waals surface area contributed by atoms with Crippen LogP contribution in [-0.2, 0) is 22.6 Å². The fourth-order valence-corrected chi connectivity index (χ4v) is 4.56. The van der Waals surface area contributed by atoms with Gasteiger partial charge in [-0.15, -0.1) is 11.3 Å². The van der Waals surface area contributed by atoms with Gasteiger partial charge in [-0.3, -0.25) is 0 Å². The molecule has 2 aromatic rings. The van der Waals surface area contributed by atoms with E-state index >= 15 is 0 Å². The lowest BCUT2D eigenvalue weighted by atomic mass is 10.2. The molecule has 0 aliphatic carbocycles. The Kier molecular flexibility index (Phi) is 5.63. The average Bonchev–Trinajstić information content (AvgIpc) is 3.24. The largest absolute Gasteiger partial charge is 0.417 e. The number of hydrogen-bond acceptors (Lipinski definition) is 6. The van der Waals surface area contributed by atoms with E-state index in [0.29, 0.717) is 13.0 Å². The lowest BCUT2D eigenvalue weighted by Gasteiger charge is -2.14. The molecule has 0 bridgehead atoms. The molecule has 2 heterocycles. The van der Waals surface area contributed by atoms with Gasteiger partial charge >= 0.3 is 6.18 Å². The van der Waals surface area contributed by atoms with Crippen LogP contribution in [0.15, 0.2) is 28.5 Å². The van der Waals surface area contributed by atoms with Gasteiger partial charge in [0.15, 0.2) is 5.13 Å². The van der Waals surface area contributed by atoms with Crippen molar-refractivity contribution < 1.29 is 21.6 Å². The van der Waals surface area contributed by atoms with Crippen LogP contribution in [0.1, 0.15) is 24.1 Å². The topological polar surface area (TPSA) is 88.3 Å². The zero-order valence-corrected chi connectivity index (χ0v) is 15.9. The Labute approximate surface area is 159 Å². The SMILES string of the molecule is NS(=O)(=O)c1ccc(NCCc2csc(N3CCCC3)n2)cc1C(F)(F)F. The monoisotopic (exact) mass is 420 g/mol. The Hall–Kier alpha value is -1.85. The number of benzene rings is 1. The minimum absolute atomic E-state index is 0.171. The molecule has 0 spiro atoms. The standard InChI is InChI=1S/C16H19F3N4O2S2/c17-16(18,19)13-9-11(3-4-14(13)27(20,24)25)21-6-5-12-10-26-15(22-12)23-7-1-2-8-23/h3-4,9-10,21H,1-2,5-8H2,(H2,20,24,25). The van der Waals surface area contributed by atoms with E-state index in [1.807, 2.05) is 5.38 Å². The van der Waals surface area contributed by atoms with Crippen LogP contribution in [0.5, 0.6) is 0 Å².